The molecule has 118 valence electrons. The minimum atomic E-state index is 0.323. The van der Waals surface area contributed by atoms with Crippen molar-refractivity contribution in [2.45, 2.75) is 44.2 Å². The van der Waals surface area contributed by atoms with Crippen LogP contribution < -0.4 is 0 Å². The maximum Gasteiger partial charge on any atom is 0.160 e. The Morgan fingerprint density at radius 3 is 3.05 bits per heavy atom. The summed E-state index contributed by atoms with van der Waals surface area (Å²) < 4.78 is 8.32. The molecule has 2 aromatic rings. The molecule has 22 heavy (non-hydrogen) atoms. The van der Waals surface area contributed by atoms with Crippen molar-refractivity contribution >= 4 is 11.2 Å². The molecule has 0 N–H and O–H groups in total. The van der Waals surface area contributed by atoms with Gasteiger partial charge in [-0.1, -0.05) is 0 Å². The Labute approximate surface area is 131 Å². The summed E-state index contributed by atoms with van der Waals surface area (Å²) >= 11 is 0. The van der Waals surface area contributed by atoms with Crippen LogP contribution in [0.2, 0.25) is 0 Å². The third-order valence-electron chi connectivity index (χ3n) is 4.94. The summed E-state index contributed by atoms with van der Waals surface area (Å²) in [6.45, 7) is 3.13. The van der Waals surface area contributed by atoms with Crippen molar-refractivity contribution in [2.24, 2.45) is 0 Å². The molecule has 0 saturated carbocycles. The van der Waals surface area contributed by atoms with Crippen molar-refractivity contribution in [1.82, 2.24) is 19.4 Å². The molecule has 5 nitrogen and oxygen atoms in total. The lowest BCUT2D eigenvalue weighted by atomic mass is 10.1. The highest BCUT2D eigenvalue weighted by atomic mass is 16.5. The van der Waals surface area contributed by atoms with Gasteiger partial charge in [-0.2, -0.15) is 0 Å². The van der Waals surface area contributed by atoms with Crippen LogP contribution in [0.1, 0.15) is 37.5 Å². The van der Waals surface area contributed by atoms with E-state index in [1.165, 1.54) is 19.3 Å². The second kappa shape index (κ2) is 5.97. The number of rotatable bonds is 3. The van der Waals surface area contributed by atoms with Gasteiger partial charge in [-0.15, -0.1) is 0 Å². The SMILES string of the molecule is CN1CCC(n2c(CC3CCCCO3)nc3cccnc32)C1. The van der Waals surface area contributed by atoms with Crippen LogP contribution in [-0.4, -0.2) is 52.3 Å². The highest BCUT2D eigenvalue weighted by Crippen LogP contribution is 2.28. The molecule has 2 unspecified atom stereocenters. The van der Waals surface area contributed by atoms with E-state index in [2.05, 4.69) is 27.6 Å². The van der Waals surface area contributed by atoms with Gasteiger partial charge in [-0.05, 0) is 51.4 Å². The standard InChI is InChI=1S/C17H24N4O/c1-20-9-7-13(12-20)21-16(11-14-5-2-3-10-22-14)19-15-6-4-8-18-17(15)21/h4,6,8,13-14H,2-3,5,7,9-12H2,1H3. The molecule has 0 bridgehead atoms. The molecule has 2 aliphatic heterocycles. The summed E-state index contributed by atoms with van der Waals surface area (Å²) in [7, 11) is 2.19. The Hall–Kier alpha value is -1.46. The normalized spacial score (nSPS) is 26.8. The number of aromatic nitrogens is 3. The second-order valence-electron chi connectivity index (χ2n) is 6.64. The largest absolute Gasteiger partial charge is 0.378 e. The highest BCUT2D eigenvalue weighted by Gasteiger charge is 2.27. The van der Waals surface area contributed by atoms with Gasteiger partial charge in [0.15, 0.2) is 5.65 Å². The van der Waals surface area contributed by atoms with Gasteiger partial charge in [0.05, 0.1) is 12.1 Å². The van der Waals surface area contributed by atoms with Crippen molar-refractivity contribution in [1.29, 1.82) is 0 Å². The summed E-state index contributed by atoms with van der Waals surface area (Å²) in [5.74, 6) is 1.15. The molecular formula is C17H24N4O. The van der Waals surface area contributed by atoms with E-state index in [0.717, 1.165) is 49.5 Å². The van der Waals surface area contributed by atoms with E-state index in [9.17, 15) is 0 Å². The van der Waals surface area contributed by atoms with Crippen LogP contribution in [0.5, 0.6) is 0 Å². The molecule has 5 heteroatoms. The average molecular weight is 300 g/mol. The van der Waals surface area contributed by atoms with Crippen LogP contribution in [-0.2, 0) is 11.2 Å². The average Bonchev–Trinajstić information content (AvgIpc) is 3.11. The van der Waals surface area contributed by atoms with E-state index in [1.54, 1.807) is 0 Å². The van der Waals surface area contributed by atoms with Crippen molar-refractivity contribution in [3.8, 4) is 0 Å². The van der Waals surface area contributed by atoms with Gasteiger partial charge < -0.3 is 14.2 Å². The van der Waals surface area contributed by atoms with Crippen molar-refractivity contribution in [2.75, 3.05) is 26.7 Å². The Bertz CT molecular complexity index is 647. The number of nitrogens with zero attached hydrogens (tertiary/aromatic N) is 4. The summed E-state index contributed by atoms with van der Waals surface area (Å²) in [5.41, 5.74) is 2.05. The van der Waals surface area contributed by atoms with Gasteiger partial charge in [-0.3, -0.25) is 0 Å². The van der Waals surface area contributed by atoms with Crippen molar-refractivity contribution in [3.05, 3.63) is 24.2 Å². The number of likely N-dealkylation sites (tertiary alicyclic amines) is 1. The Morgan fingerprint density at radius 1 is 1.32 bits per heavy atom. The zero-order valence-electron chi connectivity index (χ0n) is 13.2. The molecule has 4 heterocycles. The fourth-order valence-corrected chi connectivity index (χ4v) is 3.80. The number of hydrogen-bond acceptors (Lipinski definition) is 4. The summed E-state index contributed by atoms with van der Waals surface area (Å²) in [6, 6.07) is 4.54. The van der Waals surface area contributed by atoms with Crippen LogP contribution >= 0.6 is 0 Å². The lowest BCUT2D eigenvalue weighted by Crippen LogP contribution is -2.25. The second-order valence-corrected chi connectivity index (χ2v) is 6.64. The molecule has 0 aliphatic carbocycles. The molecule has 2 fully saturated rings. The number of ether oxygens (including phenoxy) is 1. The molecule has 4 rings (SSSR count). The fourth-order valence-electron chi connectivity index (χ4n) is 3.80. The molecular weight excluding hydrogens is 276 g/mol. The minimum absolute atomic E-state index is 0.323. The van der Waals surface area contributed by atoms with Crippen LogP contribution in [0.25, 0.3) is 11.2 Å². The number of likely N-dealkylation sites (N-methyl/N-ethyl adjacent to an activating group) is 1. The number of imidazole rings is 1. The molecule has 0 aromatic carbocycles. The van der Waals surface area contributed by atoms with Crippen molar-refractivity contribution < 1.29 is 4.74 Å². The highest BCUT2D eigenvalue weighted by molar-refractivity contribution is 5.71. The number of pyridine rings is 1. The maximum atomic E-state index is 5.93. The summed E-state index contributed by atoms with van der Waals surface area (Å²) in [6.07, 6.45) is 7.91. The third-order valence-corrected chi connectivity index (χ3v) is 4.94. The first-order valence-electron chi connectivity index (χ1n) is 8.43. The van der Waals surface area contributed by atoms with Gasteiger partial charge in [0.2, 0.25) is 0 Å². The van der Waals surface area contributed by atoms with Crippen LogP contribution in [0.4, 0.5) is 0 Å². The van der Waals surface area contributed by atoms with E-state index < -0.39 is 0 Å². The molecule has 0 amide bonds. The molecule has 2 atom stereocenters. The molecule has 0 radical (unpaired) electrons. The van der Waals surface area contributed by atoms with Gasteiger partial charge in [-0.25, -0.2) is 9.97 Å². The number of fused-ring (bicyclic) bond motifs is 1. The maximum absolute atomic E-state index is 5.93. The van der Waals surface area contributed by atoms with Crippen LogP contribution in [0.3, 0.4) is 0 Å². The minimum Gasteiger partial charge on any atom is -0.378 e. The third kappa shape index (κ3) is 2.63. The van der Waals surface area contributed by atoms with Gasteiger partial charge >= 0.3 is 0 Å². The molecule has 0 spiro atoms. The predicted molar refractivity (Wildman–Crippen MR) is 86.0 cm³/mol. The van der Waals surface area contributed by atoms with E-state index in [4.69, 9.17) is 9.72 Å². The van der Waals surface area contributed by atoms with Gasteiger partial charge in [0, 0.05) is 25.8 Å². The van der Waals surface area contributed by atoms with E-state index in [0.29, 0.717) is 12.1 Å². The van der Waals surface area contributed by atoms with Crippen LogP contribution in [0.15, 0.2) is 18.3 Å². The first-order valence-corrected chi connectivity index (χ1v) is 8.43. The topological polar surface area (TPSA) is 43.2 Å². The lowest BCUT2D eigenvalue weighted by Gasteiger charge is -2.23. The Morgan fingerprint density at radius 2 is 2.27 bits per heavy atom. The summed E-state index contributed by atoms with van der Waals surface area (Å²) in [5, 5.41) is 0. The van der Waals surface area contributed by atoms with E-state index in [-0.39, 0.29) is 0 Å². The zero-order chi connectivity index (χ0) is 14.9. The number of hydrogen-bond donors (Lipinski definition) is 0. The van der Waals surface area contributed by atoms with E-state index >= 15 is 0 Å². The monoisotopic (exact) mass is 300 g/mol. The Kier molecular flexibility index (Phi) is 3.84. The van der Waals surface area contributed by atoms with Crippen molar-refractivity contribution in [3.63, 3.8) is 0 Å². The molecule has 2 aliphatic rings. The quantitative estimate of drug-likeness (QED) is 0.873. The molecule has 2 aromatic heterocycles. The summed E-state index contributed by atoms with van der Waals surface area (Å²) in [4.78, 5) is 11.9. The first kappa shape index (κ1) is 14.2. The smallest absolute Gasteiger partial charge is 0.160 e. The Balaban J connectivity index is 1.69. The van der Waals surface area contributed by atoms with Crippen LogP contribution in [0, 0.1) is 0 Å². The fraction of sp³-hybridized carbons (Fsp3) is 0.647. The predicted octanol–water partition coefficient (Wildman–Crippen LogP) is 2.42. The molecule has 2 saturated heterocycles. The van der Waals surface area contributed by atoms with E-state index in [1.807, 2.05) is 12.3 Å². The first-order chi connectivity index (χ1) is 10.8. The van der Waals surface area contributed by atoms with Gasteiger partial charge in [0.1, 0.15) is 11.3 Å². The zero-order valence-corrected chi connectivity index (χ0v) is 13.2. The lowest BCUT2D eigenvalue weighted by molar-refractivity contribution is 0.0151. The van der Waals surface area contributed by atoms with Gasteiger partial charge in [0.25, 0.3) is 0 Å².